The van der Waals surface area contributed by atoms with Crippen LogP contribution in [-0.4, -0.2) is 43.3 Å². The van der Waals surface area contributed by atoms with Gasteiger partial charge in [0.25, 0.3) is 5.91 Å². The van der Waals surface area contributed by atoms with Gasteiger partial charge in [-0.05, 0) is 56.5 Å². The lowest BCUT2D eigenvalue weighted by molar-refractivity contribution is -0.117. The molecule has 9 N–H and O–H groups in total. The molecule has 8 nitrogen and oxygen atoms in total. The predicted octanol–water partition coefficient (Wildman–Crippen LogP) is 0.979. The molecule has 1 aromatic rings. The lowest BCUT2D eigenvalue weighted by Gasteiger charge is -2.10. The second-order valence-electron chi connectivity index (χ2n) is 6.84. The van der Waals surface area contributed by atoms with Gasteiger partial charge in [-0.1, -0.05) is 36.4 Å². The smallest absolute Gasteiger partial charge is 0.266 e. The quantitative estimate of drug-likeness (QED) is 0.200. The molecule has 1 rings (SSSR count). The van der Waals surface area contributed by atoms with E-state index in [2.05, 4.69) is 5.32 Å². The lowest BCUT2D eigenvalue weighted by atomic mass is 10.1. The van der Waals surface area contributed by atoms with Crippen molar-refractivity contribution in [2.75, 3.05) is 26.2 Å². The summed E-state index contributed by atoms with van der Waals surface area (Å²) in [5, 5.41) is 2.70. The zero-order valence-corrected chi connectivity index (χ0v) is 18.3. The molecule has 0 spiro atoms. The highest BCUT2D eigenvalue weighted by Crippen LogP contribution is 2.19. The molecule has 0 saturated heterocycles. The van der Waals surface area contributed by atoms with Crippen LogP contribution >= 0.6 is 11.8 Å². The minimum absolute atomic E-state index is 0.000519. The van der Waals surface area contributed by atoms with Crippen molar-refractivity contribution in [1.82, 2.24) is 5.32 Å². The first kappa shape index (κ1) is 26.0. The molecule has 9 heteroatoms. The van der Waals surface area contributed by atoms with E-state index in [1.165, 1.54) is 11.8 Å². The van der Waals surface area contributed by atoms with Crippen LogP contribution in [0.1, 0.15) is 37.7 Å². The summed E-state index contributed by atoms with van der Waals surface area (Å²) in [7, 11) is 0. The Morgan fingerprint density at radius 3 is 2.47 bits per heavy atom. The summed E-state index contributed by atoms with van der Waals surface area (Å²) in [4.78, 5) is 23.9. The molecule has 30 heavy (non-hydrogen) atoms. The van der Waals surface area contributed by atoms with Gasteiger partial charge in [0.2, 0.25) is 5.12 Å². The summed E-state index contributed by atoms with van der Waals surface area (Å²) in [6, 6.07) is 7.05. The number of unbranched alkanes of at least 4 members (excludes halogenated alkanes) is 2. The first-order chi connectivity index (χ1) is 14.5. The van der Waals surface area contributed by atoms with E-state index in [1.54, 1.807) is 6.08 Å². The molecule has 1 atom stereocenters. The highest BCUT2D eigenvalue weighted by Gasteiger charge is 2.13. The Balaban J connectivity index is 2.27. The van der Waals surface area contributed by atoms with Gasteiger partial charge in [-0.15, -0.1) is 0 Å². The maximum Gasteiger partial charge on any atom is 0.266 e. The van der Waals surface area contributed by atoms with E-state index >= 15 is 0 Å². The molecule has 0 aliphatic rings. The Bertz CT molecular complexity index is 667. The van der Waals surface area contributed by atoms with Crippen LogP contribution in [0.15, 0.2) is 36.0 Å². The van der Waals surface area contributed by atoms with Crippen molar-refractivity contribution in [3.05, 3.63) is 41.6 Å². The molecule has 0 heterocycles. The third kappa shape index (κ3) is 11.2. The second kappa shape index (κ2) is 15.7. The molecule has 0 saturated carbocycles. The summed E-state index contributed by atoms with van der Waals surface area (Å²) in [5.41, 5.74) is 23.7. The number of carbonyl (C=O) groups excluding carboxylic acids is 2. The normalized spacial score (nSPS) is 12.4. The number of amides is 1. The maximum absolute atomic E-state index is 12.1. The SMILES string of the molecule is NCCC/C=C(\N)C(=O)NCCOc1ccc(CSC(=O)[C@@H](N)CCCCN)cc1. The number of thioether (sulfide) groups is 1. The lowest BCUT2D eigenvalue weighted by Crippen LogP contribution is -2.32. The van der Waals surface area contributed by atoms with E-state index in [9.17, 15) is 9.59 Å². The molecular weight excluding hydrogens is 402 g/mol. The molecule has 0 unspecified atom stereocenters. The fraction of sp³-hybridized carbons (Fsp3) is 0.524. The summed E-state index contributed by atoms with van der Waals surface area (Å²) in [5.74, 6) is 0.943. The van der Waals surface area contributed by atoms with Gasteiger partial charge in [0.1, 0.15) is 12.4 Å². The van der Waals surface area contributed by atoms with Crippen LogP contribution < -0.4 is 33.0 Å². The van der Waals surface area contributed by atoms with E-state index in [1.807, 2.05) is 24.3 Å². The van der Waals surface area contributed by atoms with E-state index in [0.29, 0.717) is 50.6 Å². The Hall–Kier alpha value is -2.07. The molecule has 0 bridgehead atoms. The standard InChI is InChI=1S/C21H35N5O3S/c22-11-3-1-5-18(24)20(27)26-13-14-29-17-9-7-16(8-10-17)15-30-21(28)19(25)6-2-4-12-23/h5,7-10,19H,1-4,6,11-15,22-25H2,(H,26,27)/b18-5-/t19-/m0/s1. The number of carbonyl (C=O) groups is 2. The highest BCUT2D eigenvalue weighted by molar-refractivity contribution is 8.13. The number of nitrogens with one attached hydrogen (secondary N) is 1. The Morgan fingerprint density at radius 1 is 1.10 bits per heavy atom. The molecular formula is C21H35N5O3S. The van der Waals surface area contributed by atoms with Crippen LogP contribution in [0.25, 0.3) is 0 Å². The number of benzene rings is 1. The van der Waals surface area contributed by atoms with Crippen LogP contribution in [0.4, 0.5) is 0 Å². The Morgan fingerprint density at radius 2 is 1.80 bits per heavy atom. The van der Waals surface area contributed by atoms with Gasteiger partial charge in [-0.25, -0.2) is 0 Å². The number of hydrogen-bond acceptors (Lipinski definition) is 8. The molecule has 0 aliphatic carbocycles. The zero-order valence-electron chi connectivity index (χ0n) is 17.5. The van der Waals surface area contributed by atoms with Gasteiger partial charge in [-0.3, -0.25) is 9.59 Å². The van der Waals surface area contributed by atoms with Crippen molar-refractivity contribution in [2.45, 2.75) is 43.9 Å². The minimum Gasteiger partial charge on any atom is -0.492 e. The van der Waals surface area contributed by atoms with Gasteiger partial charge in [0.15, 0.2) is 0 Å². The number of ether oxygens (including phenoxy) is 1. The molecule has 0 aliphatic heterocycles. The molecule has 0 aromatic heterocycles. The van der Waals surface area contributed by atoms with Crippen molar-refractivity contribution < 1.29 is 14.3 Å². The van der Waals surface area contributed by atoms with Crippen LogP contribution in [0.3, 0.4) is 0 Å². The van der Waals surface area contributed by atoms with E-state index < -0.39 is 6.04 Å². The van der Waals surface area contributed by atoms with E-state index in [-0.39, 0.29) is 16.7 Å². The largest absolute Gasteiger partial charge is 0.492 e. The van der Waals surface area contributed by atoms with Crippen LogP contribution in [0, 0.1) is 0 Å². The van der Waals surface area contributed by atoms with Crippen molar-refractivity contribution in [3.8, 4) is 5.75 Å². The van der Waals surface area contributed by atoms with Crippen LogP contribution in [-0.2, 0) is 15.3 Å². The van der Waals surface area contributed by atoms with E-state index in [4.69, 9.17) is 27.7 Å². The van der Waals surface area contributed by atoms with Crippen molar-refractivity contribution in [3.63, 3.8) is 0 Å². The molecule has 168 valence electrons. The van der Waals surface area contributed by atoms with Gasteiger partial charge in [-0.2, -0.15) is 0 Å². The van der Waals surface area contributed by atoms with Gasteiger partial charge >= 0.3 is 0 Å². The minimum atomic E-state index is -0.441. The number of hydrogen-bond donors (Lipinski definition) is 5. The maximum atomic E-state index is 12.1. The molecule has 1 amide bonds. The fourth-order valence-corrected chi connectivity index (χ4v) is 3.31. The van der Waals surface area contributed by atoms with E-state index in [0.717, 1.165) is 24.8 Å². The fourth-order valence-electron chi connectivity index (χ4n) is 2.47. The summed E-state index contributed by atoms with van der Waals surface area (Å²) in [6.07, 6.45) is 5.58. The summed E-state index contributed by atoms with van der Waals surface area (Å²) < 4.78 is 5.61. The third-order valence-corrected chi connectivity index (χ3v) is 5.33. The number of allylic oxidation sites excluding steroid dienone is 1. The molecule has 0 fully saturated rings. The first-order valence-corrected chi connectivity index (χ1v) is 11.2. The zero-order chi connectivity index (χ0) is 22.2. The van der Waals surface area contributed by atoms with Crippen LogP contribution in [0.2, 0.25) is 0 Å². The van der Waals surface area contributed by atoms with Gasteiger partial charge in [0, 0.05) is 5.75 Å². The average molecular weight is 438 g/mol. The number of rotatable bonds is 15. The topological polar surface area (TPSA) is 159 Å². The molecule has 0 radical (unpaired) electrons. The predicted molar refractivity (Wildman–Crippen MR) is 123 cm³/mol. The average Bonchev–Trinajstić information content (AvgIpc) is 2.75. The highest BCUT2D eigenvalue weighted by atomic mass is 32.2. The summed E-state index contributed by atoms with van der Waals surface area (Å²) >= 11 is 1.23. The van der Waals surface area contributed by atoms with Gasteiger partial charge in [0.05, 0.1) is 18.3 Å². The van der Waals surface area contributed by atoms with Gasteiger partial charge < -0.3 is 33.0 Å². The Labute approximate surface area is 183 Å². The first-order valence-electron chi connectivity index (χ1n) is 10.3. The van der Waals surface area contributed by atoms with Crippen molar-refractivity contribution in [2.24, 2.45) is 22.9 Å². The van der Waals surface area contributed by atoms with Crippen molar-refractivity contribution in [1.29, 1.82) is 0 Å². The third-order valence-electron chi connectivity index (χ3n) is 4.27. The molecule has 1 aromatic carbocycles. The van der Waals surface area contributed by atoms with Crippen molar-refractivity contribution >= 4 is 22.8 Å². The monoisotopic (exact) mass is 437 g/mol. The van der Waals surface area contributed by atoms with Crippen LogP contribution in [0.5, 0.6) is 5.75 Å². The second-order valence-corrected chi connectivity index (χ2v) is 7.82. The summed E-state index contributed by atoms with van der Waals surface area (Å²) in [6.45, 7) is 1.86. The Kier molecular flexibility index (Phi) is 13.6. The number of nitrogens with two attached hydrogens (primary N) is 4.